The Balaban J connectivity index is 0.00000200. The van der Waals surface area contributed by atoms with Gasteiger partial charge in [-0.2, -0.15) is 0 Å². The molecule has 0 atom stereocenters. The van der Waals surface area contributed by atoms with Crippen molar-refractivity contribution >= 4 is 36.4 Å². The Morgan fingerprint density at radius 2 is 1.66 bits per heavy atom. The molecule has 38 heavy (non-hydrogen) atoms. The van der Waals surface area contributed by atoms with Crippen molar-refractivity contribution in [1.29, 1.82) is 0 Å². The minimum absolute atomic E-state index is 0. The lowest BCUT2D eigenvalue weighted by Crippen LogP contribution is -2.33. The second-order valence-electron chi connectivity index (χ2n) is 10.7. The summed E-state index contributed by atoms with van der Waals surface area (Å²) in [6, 6.07) is 23.9. The number of aryl methyl sites for hydroxylation is 2. The summed E-state index contributed by atoms with van der Waals surface area (Å²) in [6.07, 6.45) is 6.00. The lowest BCUT2D eigenvalue weighted by molar-refractivity contribution is 0.157. The summed E-state index contributed by atoms with van der Waals surface area (Å²) >= 11 is 6.36. The number of rotatable bonds is 8. The van der Waals surface area contributed by atoms with E-state index in [1.807, 2.05) is 12.1 Å². The van der Waals surface area contributed by atoms with E-state index in [0.29, 0.717) is 0 Å². The van der Waals surface area contributed by atoms with Crippen molar-refractivity contribution in [2.24, 2.45) is 5.92 Å². The van der Waals surface area contributed by atoms with Crippen molar-refractivity contribution in [3.05, 3.63) is 99.6 Å². The van der Waals surface area contributed by atoms with Crippen LogP contribution in [0.2, 0.25) is 5.02 Å². The fourth-order valence-electron chi connectivity index (χ4n) is 5.74. The predicted octanol–water partition coefficient (Wildman–Crippen LogP) is 8.12. The standard InChI is InChI=1S/C32H39ClN2O.2ClH/c1-25-6-4-7-27(20-25)22-35-16-5-9-28-11-12-31(21-30(28)24-35)36-19-15-26-13-17-34(18-14-26)23-29-8-2-3-10-32(29)33;;/h2-4,6-8,10-12,20-21,26H,5,9,13-19,22-24H2,1H3;2*1H. The molecule has 0 unspecified atom stereocenters. The molecule has 0 aromatic heterocycles. The van der Waals surface area contributed by atoms with Crippen LogP contribution in [0.4, 0.5) is 0 Å². The second kappa shape index (κ2) is 15.1. The van der Waals surface area contributed by atoms with Gasteiger partial charge in [0.2, 0.25) is 0 Å². The van der Waals surface area contributed by atoms with E-state index in [-0.39, 0.29) is 24.8 Å². The van der Waals surface area contributed by atoms with E-state index in [4.69, 9.17) is 16.3 Å². The third-order valence-electron chi connectivity index (χ3n) is 7.83. The lowest BCUT2D eigenvalue weighted by atomic mass is 9.93. The van der Waals surface area contributed by atoms with Gasteiger partial charge in [0.15, 0.2) is 0 Å². The third-order valence-corrected chi connectivity index (χ3v) is 8.20. The highest BCUT2D eigenvalue weighted by molar-refractivity contribution is 6.31. The molecule has 0 radical (unpaired) electrons. The van der Waals surface area contributed by atoms with Gasteiger partial charge in [-0.05, 0) is 105 Å². The topological polar surface area (TPSA) is 15.7 Å². The Labute approximate surface area is 246 Å². The first-order valence-corrected chi connectivity index (χ1v) is 14.0. The van der Waals surface area contributed by atoms with Crippen LogP contribution in [-0.4, -0.2) is 36.0 Å². The molecule has 0 aliphatic carbocycles. The van der Waals surface area contributed by atoms with Crippen LogP contribution in [0.1, 0.15) is 53.5 Å². The molecule has 0 amide bonds. The summed E-state index contributed by atoms with van der Waals surface area (Å²) in [5.41, 5.74) is 6.90. The number of piperidine rings is 1. The molecule has 3 aromatic rings. The molecule has 1 saturated heterocycles. The average molecular weight is 576 g/mol. The summed E-state index contributed by atoms with van der Waals surface area (Å²) in [4.78, 5) is 5.12. The fourth-order valence-corrected chi connectivity index (χ4v) is 5.94. The number of nitrogens with zero attached hydrogens (tertiary/aromatic N) is 2. The van der Waals surface area contributed by atoms with Crippen molar-refractivity contribution < 1.29 is 4.74 Å². The number of ether oxygens (including phenoxy) is 1. The highest BCUT2D eigenvalue weighted by Crippen LogP contribution is 2.27. The van der Waals surface area contributed by atoms with Gasteiger partial charge in [0.25, 0.3) is 0 Å². The maximum atomic E-state index is 6.36. The van der Waals surface area contributed by atoms with Gasteiger partial charge in [-0.25, -0.2) is 0 Å². The van der Waals surface area contributed by atoms with E-state index in [2.05, 4.69) is 71.3 Å². The van der Waals surface area contributed by atoms with E-state index >= 15 is 0 Å². The van der Waals surface area contributed by atoms with Crippen LogP contribution in [0.25, 0.3) is 0 Å². The molecule has 0 N–H and O–H groups in total. The number of hydrogen-bond donors (Lipinski definition) is 0. The summed E-state index contributed by atoms with van der Waals surface area (Å²) < 4.78 is 6.27. The van der Waals surface area contributed by atoms with Crippen LogP contribution in [0.5, 0.6) is 5.75 Å². The first kappa shape index (κ1) is 30.8. The van der Waals surface area contributed by atoms with Gasteiger partial charge in [0, 0.05) is 24.7 Å². The summed E-state index contributed by atoms with van der Waals surface area (Å²) in [5.74, 6) is 1.78. The van der Waals surface area contributed by atoms with Crippen molar-refractivity contribution in [1.82, 2.24) is 9.80 Å². The monoisotopic (exact) mass is 574 g/mol. The largest absolute Gasteiger partial charge is 0.494 e. The van der Waals surface area contributed by atoms with Crippen LogP contribution in [0, 0.1) is 12.8 Å². The van der Waals surface area contributed by atoms with Crippen molar-refractivity contribution in [2.75, 3.05) is 26.2 Å². The van der Waals surface area contributed by atoms with E-state index in [0.717, 1.165) is 75.4 Å². The molecule has 3 nitrogen and oxygen atoms in total. The first-order chi connectivity index (χ1) is 17.6. The highest BCUT2D eigenvalue weighted by Gasteiger charge is 2.20. The molecule has 2 aliphatic rings. The Hall–Kier alpha value is -1.75. The zero-order chi connectivity index (χ0) is 24.7. The number of likely N-dealkylation sites (tertiary alicyclic amines) is 1. The van der Waals surface area contributed by atoms with Crippen molar-refractivity contribution in [3.63, 3.8) is 0 Å². The molecule has 1 fully saturated rings. The maximum absolute atomic E-state index is 6.36. The SMILES string of the molecule is Cc1cccc(CN2CCCc3ccc(OCCC4CCN(Cc5ccccc5Cl)CC4)cc3C2)c1.Cl.Cl. The van der Waals surface area contributed by atoms with Gasteiger partial charge in [-0.1, -0.05) is 65.7 Å². The third kappa shape index (κ3) is 8.63. The molecule has 2 heterocycles. The van der Waals surface area contributed by atoms with E-state index in [1.165, 1.54) is 47.1 Å². The highest BCUT2D eigenvalue weighted by atomic mass is 35.5. The minimum atomic E-state index is 0. The second-order valence-corrected chi connectivity index (χ2v) is 11.1. The Morgan fingerprint density at radius 1 is 0.842 bits per heavy atom. The molecule has 0 bridgehead atoms. The van der Waals surface area contributed by atoms with Crippen LogP contribution < -0.4 is 4.74 Å². The Morgan fingerprint density at radius 3 is 2.45 bits per heavy atom. The summed E-state index contributed by atoms with van der Waals surface area (Å²) in [7, 11) is 0. The first-order valence-electron chi connectivity index (χ1n) is 13.6. The molecule has 3 aromatic carbocycles. The van der Waals surface area contributed by atoms with Crippen molar-refractivity contribution in [3.8, 4) is 5.75 Å². The minimum Gasteiger partial charge on any atom is -0.494 e. The lowest BCUT2D eigenvalue weighted by Gasteiger charge is -2.32. The van der Waals surface area contributed by atoms with Crippen LogP contribution in [0.15, 0.2) is 66.7 Å². The molecule has 206 valence electrons. The van der Waals surface area contributed by atoms with Gasteiger partial charge in [0.1, 0.15) is 5.75 Å². The molecule has 0 saturated carbocycles. The van der Waals surface area contributed by atoms with E-state index < -0.39 is 0 Å². The zero-order valence-electron chi connectivity index (χ0n) is 22.4. The predicted molar refractivity (Wildman–Crippen MR) is 164 cm³/mol. The summed E-state index contributed by atoms with van der Waals surface area (Å²) in [6.45, 7) is 9.39. The van der Waals surface area contributed by atoms with Crippen LogP contribution in [0.3, 0.4) is 0 Å². The number of benzene rings is 3. The van der Waals surface area contributed by atoms with Crippen LogP contribution >= 0.6 is 36.4 Å². The Kier molecular flexibility index (Phi) is 12.3. The molecule has 0 spiro atoms. The van der Waals surface area contributed by atoms with Gasteiger partial charge in [-0.15, -0.1) is 24.8 Å². The van der Waals surface area contributed by atoms with Crippen molar-refractivity contribution in [2.45, 2.75) is 58.7 Å². The molecule has 6 heteroatoms. The van der Waals surface area contributed by atoms with Gasteiger partial charge in [0.05, 0.1) is 6.61 Å². The molecule has 2 aliphatic heterocycles. The smallest absolute Gasteiger partial charge is 0.119 e. The Bertz CT molecular complexity index is 1150. The average Bonchev–Trinajstić information content (AvgIpc) is 3.08. The summed E-state index contributed by atoms with van der Waals surface area (Å²) in [5, 5.41) is 0.882. The van der Waals surface area contributed by atoms with Gasteiger partial charge >= 0.3 is 0 Å². The number of fused-ring (bicyclic) bond motifs is 1. The quantitative estimate of drug-likeness (QED) is 0.270. The normalized spacial score (nSPS) is 16.6. The van der Waals surface area contributed by atoms with Gasteiger partial charge < -0.3 is 4.74 Å². The van der Waals surface area contributed by atoms with E-state index in [1.54, 1.807) is 0 Å². The van der Waals surface area contributed by atoms with Gasteiger partial charge in [-0.3, -0.25) is 9.80 Å². The number of hydrogen-bond acceptors (Lipinski definition) is 3. The zero-order valence-corrected chi connectivity index (χ0v) is 24.8. The number of halogens is 3. The molecular formula is C32H41Cl3N2O. The van der Waals surface area contributed by atoms with Crippen LogP contribution in [-0.2, 0) is 26.1 Å². The molecular weight excluding hydrogens is 535 g/mol. The molecule has 5 rings (SSSR count). The maximum Gasteiger partial charge on any atom is 0.119 e. The fraction of sp³-hybridized carbons (Fsp3) is 0.438. The van der Waals surface area contributed by atoms with E-state index in [9.17, 15) is 0 Å².